The van der Waals surface area contributed by atoms with Crippen LogP contribution in [0.1, 0.15) is 0 Å². The lowest BCUT2D eigenvalue weighted by atomic mass is 9.89. The lowest BCUT2D eigenvalue weighted by Gasteiger charge is -2.51. The lowest BCUT2D eigenvalue weighted by Crippen LogP contribution is -2.48. The minimum atomic E-state index is -3.72. The molecule has 61 heavy (non-hydrogen) atoms. The molecule has 4 nitrogen and oxygen atoms in total. The fraction of sp³-hybridized carbons (Fsp3) is 0. The van der Waals surface area contributed by atoms with Crippen molar-refractivity contribution < 1.29 is 4.57 Å². The number of fused-ring (bicyclic) bond motifs is 4. The first kappa shape index (κ1) is 32.2. The van der Waals surface area contributed by atoms with E-state index in [1.165, 1.54) is 43.1 Å². The highest BCUT2D eigenvalue weighted by Gasteiger charge is 2.56. The lowest BCUT2D eigenvalue weighted by molar-refractivity contribution is 0.592. The van der Waals surface area contributed by atoms with Crippen LogP contribution in [0, 0.1) is 0 Å². The van der Waals surface area contributed by atoms with E-state index in [1.54, 1.807) is 0 Å². The van der Waals surface area contributed by atoms with Crippen molar-refractivity contribution in [2.45, 2.75) is 0 Å². The summed E-state index contributed by atoms with van der Waals surface area (Å²) in [5.41, 5.74) is 8.99. The fourth-order valence-corrected chi connectivity index (χ4v) is 15.3. The molecule has 0 amide bonds. The zero-order chi connectivity index (χ0) is 39.7. The normalized spacial score (nSPS) is 14.7. The Labute approximate surface area is 350 Å². The molecule has 0 atom stereocenters. The van der Waals surface area contributed by atoms with Gasteiger partial charge in [0.15, 0.2) is 7.14 Å². The van der Waals surface area contributed by atoms with Crippen LogP contribution in [0.2, 0.25) is 0 Å². The molecule has 12 aromatic carbocycles. The van der Waals surface area contributed by atoms with Gasteiger partial charge >= 0.3 is 0 Å². The highest BCUT2D eigenvalue weighted by Crippen LogP contribution is 2.70. The van der Waals surface area contributed by atoms with Crippen molar-refractivity contribution in [2.24, 2.45) is 0 Å². The Morgan fingerprint density at radius 3 is 0.984 bits per heavy atom. The van der Waals surface area contributed by atoms with Crippen molar-refractivity contribution >= 4 is 139 Å². The van der Waals surface area contributed by atoms with E-state index in [0.29, 0.717) is 0 Å². The van der Waals surface area contributed by atoms with Gasteiger partial charge in [-0.15, -0.1) is 0 Å². The molecule has 0 fully saturated rings. The summed E-state index contributed by atoms with van der Waals surface area (Å²) < 4.78 is 18.2. The molecule has 3 aliphatic heterocycles. The molecule has 282 valence electrons. The Morgan fingerprint density at radius 2 is 0.607 bits per heavy atom. The minimum absolute atomic E-state index is 0.888. The van der Waals surface area contributed by atoms with Gasteiger partial charge in [0.2, 0.25) is 0 Å². The number of benzene rings is 12. The van der Waals surface area contributed by atoms with Gasteiger partial charge in [-0.05, 0) is 80.8 Å². The summed E-state index contributed by atoms with van der Waals surface area (Å²) >= 11 is 0. The van der Waals surface area contributed by atoms with Gasteiger partial charge in [-0.1, -0.05) is 146 Å². The van der Waals surface area contributed by atoms with E-state index in [4.69, 9.17) is 0 Å². The minimum Gasteiger partial charge on any atom is -0.308 e. The topological polar surface area (TPSA) is 26.8 Å². The number of hydrogen-bond donors (Lipinski definition) is 0. The number of para-hydroxylation sites is 3. The van der Waals surface area contributed by atoms with Crippen LogP contribution < -0.4 is 30.6 Å². The third-order valence-corrected chi connectivity index (χ3v) is 17.0. The van der Waals surface area contributed by atoms with E-state index >= 15 is 4.57 Å². The number of nitrogens with zero attached hydrogens (tertiary/aromatic N) is 3. The summed E-state index contributed by atoms with van der Waals surface area (Å²) in [5, 5.41) is 16.8. The third-order valence-electron chi connectivity index (χ3n) is 13.8. The molecule has 0 spiro atoms. The summed E-state index contributed by atoms with van der Waals surface area (Å²) in [6, 6.07) is 70.2. The first-order valence-electron chi connectivity index (χ1n) is 21.0. The van der Waals surface area contributed by atoms with Crippen LogP contribution in [0.4, 0.5) is 51.2 Å². The van der Waals surface area contributed by atoms with Gasteiger partial charge in [0, 0.05) is 49.4 Å². The Morgan fingerprint density at radius 1 is 0.279 bits per heavy atom. The molecular formula is C56H32N3OP. The molecule has 15 rings (SSSR count). The largest absolute Gasteiger partial charge is 0.308 e. The monoisotopic (exact) mass is 793 g/mol. The molecular weight excluding hydrogens is 762 g/mol. The van der Waals surface area contributed by atoms with Gasteiger partial charge < -0.3 is 19.3 Å². The number of hydrogen-bond acceptors (Lipinski definition) is 4. The fourth-order valence-electron chi connectivity index (χ4n) is 11.6. The number of rotatable bonds is 3. The zero-order valence-electron chi connectivity index (χ0n) is 32.7. The first-order valence-corrected chi connectivity index (χ1v) is 22.7. The molecule has 5 heteroatoms. The highest BCUT2D eigenvalue weighted by atomic mass is 31.2. The van der Waals surface area contributed by atoms with E-state index in [9.17, 15) is 0 Å². The predicted octanol–water partition coefficient (Wildman–Crippen LogP) is 14.5. The molecule has 3 aliphatic rings. The third kappa shape index (κ3) is 3.74. The summed E-state index contributed by atoms with van der Waals surface area (Å²) in [5.74, 6) is 0. The van der Waals surface area contributed by atoms with Crippen molar-refractivity contribution in [3.63, 3.8) is 0 Å². The molecule has 0 saturated heterocycles. The maximum absolute atomic E-state index is 18.2. The van der Waals surface area contributed by atoms with Crippen LogP contribution in [0.15, 0.2) is 194 Å². The Balaban J connectivity index is 1.27. The maximum atomic E-state index is 18.2. The summed E-state index contributed by atoms with van der Waals surface area (Å²) in [6.07, 6.45) is 0. The zero-order valence-corrected chi connectivity index (χ0v) is 33.6. The van der Waals surface area contributed by atoms with Crippen molar-refractivity contribution in [2.75, 3.05) is 14.7 Å². The van der Waals surface area contributed by atoms with E-state index in [-0.39, 0.29) is 0 Å². The Hall–Kier alpha value is -7.65. The van der Waals surface area contributed by atoms with Crippen LogP contribution in [-0.2, 0) is 4.57 Å². The number of anilines is 9. The second-order valence-electron chi connectivity index (χ2n) is 16.7. The van der Waals surface area contributed by atoms with Gasteiger partial charge in [-0.2, -0.15) is 0 Å². The van der Waals surface area contributed by atoms with Crippen LogP contribution in [-0.4, -0.2) is 0 Å². The molecule has 0 radical (unpaired) electrons. The quantitative estimate of drug-likeness (QED) is 0.131. The molecule has 12 aromatic rings. The van der Waals surface area contributed by atoms with Gasteiger partial charge in [-0.25, -0.2) is 0 Å². The molecule has 0 aliphatic carbocycles. The summed E-state index contributed by atoms with van der Waals surface area (Å²) in [6.45, 7) is 0. The van der Waals surface area contributed by atoms with Crippen LogP contribution in [0.25, 0.3) is 64.6 Å². The SMILES string of the molecule is O=P12c3c4cccc3N(c3ccccc3)c3c1c(c1ccc5cccc6ccc3c1c65)N(c1ccccc1)c1c2c(c2ccc3cccc5ccc1c2c35)N4c1ccccc1. The van der Waals surface area contributed by atoms with Crippen LogP contribution in [0.3, 0.4) is 0 Å². The van der Waals surface area contributed by atoms with Gasteiger partial charge in [0.1, 0.15) is 0 Å². The van der Waals surface area contributed by atoms with Gasteiger partial charge in [0.05, 0.1) is 50.0 Å². The highest BCUT2D eigenvalue weighted by molar-refractivity contribution is 7.87. The van der Waals surface area contributed by atoms with Crippen molar-refractivity contribution in [1.29, 1.82) is 0 Å². The van der Waals surface area contributed by atoms with Gasteiger partial charge in [0.25, 0.3) is 0 Å². The maximum Gasteiger partial charge on any atom is 0.183 e. The van der Waals surface area contributed by atoms with E-state index in [0.717, 1.165) is 88.6 Å². The average molecular weight is 794 g/mol. The molecule has 0 N–H and O–H groups in total. The first-order chi connectivity index (χ1) is 30.2. The molecule has 3 heterocycles. The van der Waals surface area contributed by atoms with E-state index < -0.39 is 7.14 Å². The summed E-state index contributed by atoms with van der Waals surface area (Å²) in [4.78, 5) is 7.34. The predicted molar refractivity (Wildman–Crippen MR) is 258 cm³/mol. The van der Waals surface area contributed by atoms with Crippen LogP contribution in [0.5, 0.6) is 0 Å². The Bertz CT molecular complexity index is 3660. The van der Waals surface area contributed by atoms with Gasteiger partial charge in [-0.3, -0.25) is 0 Å². The molecule has 0 aromatic heterocycles. The second kappa shape index (κ2) is 11.1. The van der Waals surface area contributed by atoms with Crippen molar-refractivity contribution in [3.8, 4) is 0 Å². The molecule has 0 saturated carbocycles. The van der Waals surface area contributed by atoms with Crippen LogP contribution >= 0.6 is 7.14 Å². The van der Waals surface area contributed by atoms with E-state index in [2.05, 4.69) is 209 Å². The standard InChI is InChI=1S/C56H32N3OP/c60-61-54-44-23-12-24-45(54)58(38-19-6-2-7-20-38)51-41-30-26-34-14-11-16-36-28-32-43(49(41)47(34)36)53(56(51)61)59(39-21-8-3-9-22-39)52-42-31-27-35-15-10-13-33-25-29-40(48(42)46(33)35)50(55(52)61)57(44)37-17-4-1-5-18-37/h1-32H. The van der Waals surface area contributed by atoms with E-state index in [1.807, 2.05) is 0 Å². The molecule has 0 unspecified atom stereocenters. The average Bonchev–Trinajstić information content (AvgIpc) is 3.32. The smallest absolute Gasteiger partial charge is 0.183 e. The van der Waals surface area contributed by atoms with Crippen molar-refractivity contribution in [1.82, 2.24) is 0 Å². The molecule has 0 bridgehead atoms. The summed E-state index contributed by atoms with van der Waals surface area (Å²) in [7, 11) is -3.72. The van der Waals surface area contributed by atoms with Crippen molar-refractivity contribution in [3.05, 3.63) is 194 Å². The Kier molecular flexibility index (Phi) is 5.88. The second-order valence-corrected chi connectivity index (χ2v) is 19.3.